The van der Waals surface area contributed by atoms with Crippen LogP contribution in [0.25, 0.3) is 0 Å². The van der Waals surface area contributed by atoms with Crippen LogP contribution in [0.1, 0.15) is 41.4 Å². The predicted molar refractivity (Wildman–Crippen MR) is 94.2 cm³/mol. The van der Waals surface area contributed by atoms with Crippen LogP contribution in [0, 0.1) is 13.8 Å². The molecule has 1 aromatic heterocycles. The maximum atomic E-state index is 12.9. The highest BCUT2D eigenvalue weighted by Gasteiger charge is 2.30. The number of aryl methyl sites for hydroxylation is 2. The fourth-order valence-corrected chi connectivity index (χ4v) is 3.87. The van der Waals surface area contributed by atoms with Gasteiger partial charge >= 0.3 is 0 Å². The van der Waals surface area contributed by atoms with Crippen molar-refractivity contribution in [1.29, 1.82) is 0 Å². The van der Waals surface area contributed by atoms with E-state index in [4.69, 9.17) is 0 Å². The molecular weight excluding hydrogens is 354 g/mol. The summed E-state index contributed by atoms with van der Waals surface area (Å²) < 4.78 is 2.92. The number of likely N-dealkylation sites (tertiary alicyclic amines) is 1. The number of benzene rings is 1. The highest BCUT2D eigenvalue weighted by atomic mass is 79.9. The van der Waals surface area contributed by atoms with E-state index in [-0.39, 0.29) is 11.9 Å². The number of carbonyl (C=O) groups is 1. The van der Waals surface area contributed by atoms with Crippen LogP contribution in [0.3, 0.4) is 0 Å². The van der Waals surface area contributed by atoms with Gasteiger partial charge < -0.3 is 4.90 Å². The van der Waals surface area contributed by atoms with Gasteiger partial charge in [0.05, 0.1) is 18.2 Å². The zero-order valence-electron chi connectivity index (χ0n) is 13.8. The van der Waals surface area contributed by atoms with Crippen molar-refractivity contribution in [3.63, 3.8) is 0 Å². The Hall–Kier alpha value is -1.62. The first-order valence-electron chi connectivity index (χ1n) is 8.01. The van der Waals surface area contributed by atoms with Gasteiger partial charge in [-0.05, 0) is 44.4 Å². The van der Waals surface area contributed by atoms with Crippen LogP contribution in [0.2, 0.25) is 0 Å². The molecule has 1 fully saturated rings. The molecule has 1 amide bonds. The fourth-order valence-electron chi connectivity index (χ4n) is 3.45. The van der Waals surface area contributed by atoms with Gasteiger partial charge in [0.25, 0.3) is 0 Å². The Balaban J connectivity index is 1.81. The summed E-state index contributed by atoms with van der Waals surface area (Å²) in [5.41, 5.74) is 4.31. The minimum atomic E-state index is 0.192. The topological polar surface area (TPSA) is 38.1 Å². The summed E-state index contributed by atoms with van der Waals surface area (Å²) in [6.07, 6.45) is 2.54. The normalized spacial score (nSPS) is 17.7. The van der Waals surface area contributed by atoms with Gasteiger partial charge in [-0.1, -0.05) is 28.1 Å². The van der Waals surface area contributed by atoms with Crippen molar-refractivity contribution in [3.05, 3.63) is 51.3 Å². The zero-order chi connectivity index (χ0) is 16.6. The molecule has 1 saturated heterocycles. The van der Waals surface area contributed by atoms with E-state index in [1.54, 1.807) is 0 Å². The molecule has 2 aromatic rings. The van der Waals surface area contributed by atoms with Crippen molar-refractivity contribution in [2.24, 2.45) is 7.05 Å². The largest absolute Gasteiger partial charge is 0.335 e. The summed E-state index contributed by atoms with van der Waals surface area (Å²) in [4.78, 5) is 14.9. The van der Waals surface area contributed by atoms with Crippen molar-refractivity contribution < 1.29 is 4.79 Å². The molecule has 1 aromatic carbocycles. The number of aromatic nitrogens is 2. The molecule has 0 spiro atoms. The minimum absolute atomic E-state index is 0.192. The highest BCUT2D eigenvalue weighted by Crippen LogP contribution is 2.33. The average Bonchev–Trinajstić information content (AvgIpc) is 3.08. The monoisotopic (exact) mass is 375 g/mol. The lowest BCUT2D eigenvalue weighted by atomic mass is 10.0. The maximum absolute atomic E-state index is 12.9. The van der Waals surface area contributed by atoms with E-state index < -0.39 is 0 Å². The second-order valence-corrected chi connectivity index (χ2v) is 7.17. The van der Waals surface area contributed by atoms with Gasteiger partial charge in [0.2, 0.25) is 5.91 Å². The van der Waals surface area contributed by atoms with Crippen LogP contribution in [0.5, 0.6) is 0 Å². The van der Waals surface area contributed by atoms with Crippen molar-refractivity contribution in [1.82, 2.24) is 14.7 Å². The van der Waals surface area contributed by atoms with E-state index in [1.807, 2.05) is 42.6 Å². The van der Waals surface area contributed by atoms with Crippen LogP contribution >= 0.6 is 15.9 Å². The Kier molecular flexibility index (Phi) is 4.57. The molecule has 2 heterocycles. The number of hydrogen-bond acceptors (Lipinski definition) is 2. The van der Waals surface area contributed by atoms with E-state index in [0.29, 0.717) is 6.42 Å². The van der Waals surface area contributed by atoms with Crippen molar-refractivity contribution in [2.75, 3.05) is 6.54 Å². The summed E-state index contributed by atoms with van der Waals surface area (Å²) in [6, 6.07) is 8.48. The third-order valence-electron chi connectivity index (χ3n) is 4.79. The number of halogens is 1. The first-order valence-corrected chi connectivity index (χ1v) is 8.80. The van der Waals surface area contributed by atoms with E-state index in [1.165, 1.54) is 5.56 Å². The standard InChI is InChI=1S/C18H22BrN3O/c1-12-16(13(2)21(3)20-12)11-18(23)22-9-5-8-17(22)14-6-4-7-15(19)10-14/h4,6-7,10,17H,5,8-9,11H2,1-3H3/t17-/m1/s1. The minimum Gasteiger partial charge on any atom is -0.335 e. The SMILES string of the molecule is Cc1nn(C)c(C)c1CC(=O)N1CCC[C@@H]1c1cccc(Br)c1. The molecule has 1 aliphatic rings. The van der Waals surface area contributed by atoms with Crippen LogP contribution < -0.4 is 0 Å². The third kappa shape index (κ3) is 3.20. The summed E-state index contributed by atoms with van der Waals surface area (Å²) >= 11 is 3.53. The summed E-state index contributed by atoms with van der Waals surface area (Å²) in [6.45, 7) is 4.85. The lowest BCUT2D eigenvalue weighted by Gasteiger charge is -2.25. The Morgan fingerprint density at radius 1 is 1.39 bits per heavy atom. The average molecular weight is 376 g/mol. The Bertz CT molecular complexity index is 738. The van der Waals surface area contributed by atoms with Crippen LogP contribution in [-0.4, -0.2) is 27.1 Å². The van der Waals surface area contributed by atoms with Gasteiger partial charge in [-0.15, -0.1) is 0 Å². The molecule has 3 rings (SSSR count). The van der Waals surface area contributed by atoms with Gasteiger partial charge in [0.15, 0.2) is 0 Å². The molecule has 0 aliphatic carbocycles. The highest BCUT2D eigenvalue weighted by molar-refractivity contribution is 9.10. The lowest BCUT2D eigenvalue weighted by Crippen LogP contribution is -2.32. The number of carbonyl (C=O) groups excluding carboxylic acids is 1. The molecule has 1 atom stereocenters. The molecule has 122 valence electrons. The van der Waals surface area contributed by atoms with Crippen LogP contribution in [0.15, 0.2) is 28.7 Å². The Morgan fingerprint density at radius 3 is 2.83 bits per heavy atom. The molecule has 0 N–H and O–H groups in total. The quantitative estimate of drug-likeness (QED) is 0.819. The van der Waals surface area contributed by atoms with E-state index >= 15 is 0 Å². The maximum Gasteiger partial charge on any atom is 0.227 e. The molecule has 5 heteroatoms. The van der Waals surface area contributed by atoms with E-state index in [9.17, 15) is 4.79 Å². The molecule has 4 nitrogen and oxygen atoms in total. The molecule has 1 aliphatic heterocycles. The van der Waals surface area contributed by atoms with Gasteiger partial charge in [-0.3, -0.25) is 9.48 Å². The number of amides is 1. The molecule has 0 radical (unpaired) electrons. The fraction of sp³-hybridized carbons (Fsp3) is 0.444. The summed E-state index contributed by atoms with van der Waals surface area (Å²) in [7, 11) is 1.93. The second kappa shape index (κ2) is 6.48. The van der Waals surface area contributed by atoms with Gasteiger partial charge in [0, 0.05) is 29.3 Å². The molecular formula is C18H22BrN3O. The predicted octanol–water partition coefficient (Wildman–Crippen LogP) is 3.71. The van der Waals surface area contributed by atoms with Gasteiger partial charge in [-0.2, -0.15) is 5.10 Å². The molecule has 0 bridgehead atoms. The van der Waals surface area contributed by atoms with E-state index in [0.717, 1.165) is 40.8 Å². The number of rotatable bonds is 3. The lowest BCUT2D eigenvalue weighted by molar-refractivity contribution is -0.131. The summed E-state index contributed by atoms with van der Waals surface area (Å²) in [5, 5.41) is 4.42. The van der Waals surface area contributed by atoms with Crippen molar-refractivity contribution >= 4 is 21.8 Å². The zero-order valence-corrected chi connectivity index (χ0v) is 15.4. The van der Waals surface area contributed by atoms with Crippen LogP contribution in [-0.2, 0) is 18.3 Å². The Labute approximate surface area is 145 Å². The first kappa shape index (κ1) is 16.2. The second-order valence-electron chi connectivity index (χ2n) is 6.25. The van der Waals surface area contributed by atoms with Crippen LogP contribution in [0.4, 0.5) is 0 Å². The van der Waals surface area contributed by atoms with Crippen molar-refractivity contribution in [2.45, 2.75) is 39.2 Å². The molecule has 0 unspecified atom stereocenters. The van der Waals surface area contributed by atoms with E-state index in [2.05, 4.69) is 33.2 Å². The third-order valence-corrected chi connectivity index (χ3v) is 5.29. The number of hydrogen-bond donors (Lipinski definition) is 0. The first-order chi connectivity index (χ1) is 11.0. The Morgan fingerprint density at radius 2 is 2.17 bits per heavy atom. The van der Waals surface area contributed by atoms with Gasteiger partial charge in [-0.25, -0.2) is 0 Å². The molecule has 23 heavy (non-hydrogen) atoms. The smallest absolute Gasteiger partial charge is 0.227 e. The molecule has 0 saturated carbocycles. The summed E-state index contributed by atoms with van der Waals surface area (Å²) in [5.74, 6) is 0.201. The van der Waals surface area contributed by atoms with Gasteiger partial charge in [0.1, 0.15) is 0 Å². The van der Waals surface area contributed by atoms with Crippen molar-refractivity contribution in [3.8, 4) is 0 Å². The number of nitrogens with zero attached hydrogens (tertiary/aromatic N) is 3.